The first-order valence-corrected chi connectivity index (χ1v) is 12.4. The highest BCUT2D eigenvalue weighted by molar-refractivity contribution is 7.80. The first kappa shape index (κ1) is 29.2. The number of hydrogen-bond acceptors (Lipinski definition) is 9. The molecule has 0 unspecified atom stereocenters. The number of benzene rings is 1. The fourth-order valence-corrected chi connectivity index (χ4v) is 4.29. The van der Waals surface area contributed by atoms with Crippen LogP contribution in [0.1, 0.15) is 19.6 Å². The Kier molecular flexibility index (Phi) is 9.94. The van der Waals surface area contributed by atoms with Crippen molar-refractivity contribution in [2.24, 2.45) is 5.92 Å². The van der Waals surface area contributed by atoms with Crippen molar-refractivity contribution in [3.05, 3.63) is 51.8 Å². The number of rotatable bonds is 9. The Labute approximate surface area is 225 Å². The zero-order valence-corrected chi connectivity index (χ0v) is 22.6. The number of carbonyl (C=O) groups excluding carboxylic acids is 1. The maximum Gasteiger partial charge on any atom is 0.433 e. The van der Waals surface area contributed by atoms with Crippen molar-refractivity contribution < 1.29 is 27.7 Å². The van der Waals surface area contributed by atoms with E-state index in [1.165, 1.54) is 43.2 Å². The minimum Gasteiger partial charge on any atom is -0.474 e. The van der Waals surface area contributed by atoms with Crippen LogP contribution in [0.15, 0.2) is 28.7 Å². The molecule has 1 aliphatic rings. The Morgan fingerprint density at radius 1 is 1.26 bits per heavy atom. The third kappa shape index (κ3) is 7.36. The molecule has 1 N–H and O–H groups in total. The molecule has 0 saturated carbocycles. The van der Waals surface area contributed by atoms with Crippen LogP contribution in [0.25, 0.3) is 0 Å². The van der Waals surface area contributed by atoms with E-state index in [1.54, 1.807) is 4.90 Å². The van der Waals surface area contributed by atoms with Crippen molar-refractivity contribution in [2.45, 2.75) is 20.4 Å². The molecule has 2 aromatic rings. The predicted octanol–water partition coefficient (Wildman–Crippen LogP) is 3.14. The lowest BCUT2D eigenvalue weighted by atomic mass is 10.1. The SMILES string of the molecule is COC(=S)NC[C@H](C)CN(C(C)=O)c1cc(F)c(N2CCN(C)N(Cc3ccc([N+](=O)[O-])o3)CC2)c(F)c1. The maximum atomic E-state index is 15.3. The van der Waals surface area contributed by atoms with Crippen molar-refractivity contribution in [3.8, 4) is 0 Å². The molecule has 1 aromatic heterocycles. The molecular formula is C24H32F2N6O5S. The monoisotopic (exact) mass is 554 g/mol. The Bertz CT molecular complexity index is 1140. The average Bonchev–Trinajstić information content (AvgIpc) is 3.26. The van der Waals surface area contributed by atoms with Crippen LogP contribution in [0.4, 0.5) is 26.0 Å². The molecule has 0 bridgehead atoms. The number of nitrogens with zero attached hydrogens (tertiary/aromatic N) is 5. The highest BCUT2D eigenvalue weighted by Crippen LogP contribution is 2.30. The molecule has 0 radical (unpaired) electrons. The van der Waals surface area contributed by atoms with Crippen molar-refractivity contribution in [1.82, 2.24) is 15.3 Å². The van der Waals surface area contributed by atoms with E-state index in [1.807, 2.05) is 24.0 Å². The van der Waals surface area contributed by atoms with Gasteiger partial charge >= 0.3 is 5.88 Å². The van der Waals surface area contributed by atoms with Crippen LogP contribution in [-0.4, -0.2) is 79.4 Å². The number of carbonyl (C=O) groups is 1. The van der Waals surface area contributed by atoms with Gasteiger partial charge in [-0.05, 0) is 36.3 Å². The molecule has 0 aliphatic carbocycles. The van der Waals surface area contributed by atoms with Gasteiger partial charge in [0.15, 0.2) is 11.6 Å². The second-order valence-electron chi connectivity index (χ2n) is 9.12. The number of ether oxygens (including phenoxy) is 1. The number of hydrogen-bond donors (Lipinski definition) is 1. The Morgan fingerprint density at radius 2 is 1.92 bits per heavy atom. The summed E-state index contributed by atoms with van der Waals surface area (Å²) in [5, 5.41) is 17.8. The van der Waals surface area contributed by atoms with Crippen molar-refractivity contribution >= 4 is 40.6 Å². The van der Waals surface area contributed by atoms with E-state index >= 15 is 8.78 Å². The zero-order chi connectivity index (χ0) is 28.0. The lowest BCUT2D eigenvalue weighted by Gasteiger charge is -2.28. The van der Waals surface area contributed by atoms with Crippen LogP contribution in [0.5, 0.6) is 0 Å². The zero-order valence-electron chi connectivity index (χ0n) is 21.8. The Balaban J connectivity index is 1.72. The highest BCUT2D eigenvalue weighted by atomic mass is 32.1. The van der Waals surface area contributed by atoms with Crippen LogP contribution in [0.2, 0.25) is 0 Å². The van der Waals surface area contributed by atoms with Gasteiger partial charge in [-0.3, -0.25) is 14.9 Å². The van der Waals surface area contributed by atoms with Crippen LogP contribution in [0, 0.1) is 27.7 Å². The summed E-state index contributed by atoms with van der Waals surface area (Å²) in [6.45, 7) is 5.65. The molecule has 38 heavy (non-hydrogen) atoms. The summed E-state index contributed by atoms with van der Waals surface area (Å²) in [4.78, 5) is 25.6. The molecule has 1 saturated heterocycles. The number of likely N-dealkylation sites (N-methyl/N-ethyl adjacent to an activating group) is 1. The number of hydrazine groups is 1. The van der Waals surface area contributed by atoms with Gasteiger partial charge in [-0.25, -0.2) is 18.8 Å². The summed E-state index contributed by atoms with van der Waals surface area (Å²) in [6, 6.07) is 5.18. The normalized spacial score (nSPS) is 15.6. The van der Waals surface area contributed by atoms with E-state index in [0.717, 1.165) is 0 Å². The third-order valence-corrected chi connectivity index (χ3v) is 6.57. The standard InChI is InChI=1S/C24H32F2N6O5S/c1-16(13-27-24(38)36-4)14-31(17(2)33)18-11-20(25)23(21(26)12-18)29-8-7-28(3)30(10-9-29)15-19-5-6-22(37-19)32(34)35/h5-6,11-12,16H,7-10,13-15H2,1-4H3,(H,27,38)/t16-/m0/s1. The van der Waals surface area contributed by atoms with Crippen molar-refractivity contribution in [3.63, 3.8) is 0 Å². The van der Waals surface area contributed by atoms with Gasteiger partial charge in [0.2, 0.25) is 5.91 Å². The van der Waals surface area contributed by atoms with Crippen molar-refractivity contribution in [1.29, 1.82) is 0 Å². The number of nitrogens with one attached hydrogen (secondary N) is 1. The number of methoxy groups -OCH3 is 1. The van der Waals surface area contributed by atoms with E-state index in [2.05, 4.69) is 5.32 Å². The third-order valence-electron chi connectivity index (χ3n) is 6.25. The lowest BCUT2D eigenvalue weighted by Crippen LogP contribution is -2.40. The molecule has 1 aliphatic heterocycles. The smallest absolute Gasteiger partial charge is 0.433 e. The minimum atomic E-state index is -0.768. The first-order chi connectivity index (χ1) is 18.0. The Morgan fingerprint density at radius 3 is 2.50 bits per heavy atom. The highest BCUT2D eigenvalue weighted by Gasteiger charge is 2.27. The number of anilines is 2. The number of halogens is 2. The first-order valence-electron chi connectivity index (χ1n) is 12.0. The average molecular weight is 555 g/mol. The van der Waals surface area contributed by atoms with E-state index in [4.69, 9.17) is 21.4 Å². The molecule has 11 nitrogen and oxygen atoms in total. The van der Waals surface area contributed by atoms with Gasteiger partial charge in [0.1, 0.15) is 16.4 Å². The quantitative estimate of drug-likeness (QED) is 0.282. The summed E-state index contributed by atoms with van der Waals surface area (Å²) in [6.07, 6.45) is 0. The Hall–Kier alpha value is -3.36. The van der Waals surface area contributed by atoms with E-state index < -0.39 is 16.6 Å². The second kappa shape index (κ2) is 12.9. The summed E-state index contributed by atoms with van der Waals surface area (Å²) in [7, 11) is 3.28. The van der Waals surface area contributed by atoms with Crippen LogP contribution in [0.3, 0.4) is 0 Å². The molecular weight excluding hydrogens is 522 g/mol. The van der Waals surface area contributed by atoms with Crippen LogP contribution < -0.4 is 15.1 Å². The molecule has 2 heterocycles. The summed E-state index contributed by atoms with van der Waals surface area (Å²) in [5.74, 6) is -1.89. The minimum absolute atomic E-state index is 0.0828. The van der Waals surface area contributed by atoms with Crippen molar-refractivity contribution in [2.75, 3.05) is 63.2 Å². The second-order valence-corrected chi connectivity index (χ2v) is 9.49. The molecule has 1 fully saturated rings. The number of nitro groups is 1. The molecule has 14 heteroatoms. The molecule has 1 aromatic carbocycles. The molecule has 3 rings (SSSR count). The molecule has 0 spiro atoms. The van der Waals surface area contributed by atoms with E-state index in [-0.39, 0.29) is 47.3 Å². The van der Waals surface area contributed by atoms with Gasteiger partial charge in [0.05, 0.1) is 19.7 Å². The van der Waals surface area contributed by atoms with Crippen LogP contribution >= 0.6 is 12.2 Å². The number of thiocarbonyl (C=S) groups is 1. The van der Waals surface area contributed by atoms with Gasteiger partial charge < -0.3 is 24.3 Å². The van der Waals surface area contributed by atoms with E-state index in [9.17, 15) is 14.9 Å². The van der Waals surface area contributed by atoms with Gasteiger partial charge in [0.25, 0.3) is 5.17 Å². The van der Waals surface area contributed by atoms with E-state index in [0.29, 0.717) is 38.5 Å². The summed E-state index contributed by atoms with van der Waals surface area (Å²) in [5.41, 5.74) is -0.0355. The topological polar surface area (TPSA) is 108 Å². The fraction of sp³-hybridized carbons (Fsp3) is 0.500. The fourth-order valence-electron chi connectivity index (χ4n) is 4.21. The van der Waals surface area contributed by atoms with Gasteiger partial charge in [-0.2, -0.15) is 0 Å². The summed E-state index contributed by atoms with van der Waals surface area (Å²) >= 11 is 4.96. The number of furan rings is 1. The lowest BCUT2D eigenvalue weighted by molar-refractivity contribution is -0.402. The van der Waals surface area contributed by atoms with Crippen LogP contribution in [-0.2, 0) is 16.1 Å². The largest absolute Gasteiger partial charge is 0.474 e. The predicted molar refractivity (Wildman–Crippen MR) is 142 cm³/mol. The molecule has 1 atom stereocenters. The molecule has 1 amide bonds. The maximum absolute atomic E-state index is 15.3. The molecule has 208 valence electrons. The summed E-state index contributed by atoms with van der Waals surface area (Å²) < 4.78 is 40.8. The number of amides is 1. The van der Waals surface area contributed by atoms with Gasteiger partial charge in [-0.15, -0.1) is 0 Å². The van der Waals surface area contributed by atoms with Gasteiger partial charge in [0, 0.05) is 58.9 Å². The van der Waals surface area contributed by atoms with Gasteiger partial charge in [-0.1, -0.05) is 6.92 Å².